The molecule has 0 aliphatic rings. The van der Waals surface area contributed by atoms with E-state index in [0.29, 0.717) is 0 Å². The molecule has 0 radical (unpaired) electrons. The summed E-state index contributed by atoms with van der Waals surface area (Å²) in [5.41, 5.74) is -1.10. The lowest BCUT2D eigenvalue weighted by atomic mass is 10.2. The predicted molar refractivity (Wildman–Crippen MR) is 77.2 cm³/mol. The van der Waals surface area contributed by atoms with Crippen LogP contribution < -0.4 is 5.32 Å². The monoisotopic (exact) mass is 353 g/mol. The Labute approximate surface area is 135 Å². The Hall–Kier alpha value is -1.80. The lowest BCUT2D eigenvalue weighted by Gasteiger charge is -2.11. The highest BCUT2D eigenvalue weighted by atomic mass is 35.5. The first-order valence-corrected chi connectivity index (χ1v) is 6.93. The number of esters is 1. The van der Waals surface area contributed by atoms with Gasteiger partial charge in [-0.25, -0.2) is 0 Å². The van der Waals surface area contributed by atoms with Crippen LogP contribution in [0.5, 0.6) is 0 Å². The van der Waals surface area contributed by atoms with Gasteiger partial charge in [0.2, 0.25) is 5.91 Å². The number of halogens is 4. The fraction of sp³-hybridized carbons (Fsp3) is 0.429. The van der Waals surface area contributed by atoms with E-state index in [9.17, 15) is 22.8 Å². The minimum Gasteiger partial charge on any atom is -0.463 e. The molecular formula is C14H15ClF3NO4. The van der Waals surface area contributed by atoms with E-state index in [0.717, 1.165) is 18.2 Å². The summed E-state index contributed by atoms with van der Waals surface area (Å²) < 4.78 is 47.3. The van der Waals surface area contributed by atoms with Crippen LogP contribution in [0.2, 0.25) is 5.02 Å². The molecule has 0 saturated carbocycles. The molecule has 0 atom stereocenters. The second-order valence-electron chi connectivity index (χ2n) is 4.45. The molecule has 0 unspecified atom stereocenters. The predicted octanol–water partition coefficient (Wildman–Crippen LogP) is 3.27. The van der Waals surface area contributed by atoms with E-state index in [2.05, 4.69) is 10.1 Å². The fourth-order valence-electron chi connectivity index (χ4n) is 1.54. The summed E-state index contributed by atoms with van der Waals surface area (Å²) in [6.45, 7) is 0.300. The Morgan fingerprint density at radius 2 is 1.91 bits per heavy atom. The van der Waals surface area contributed by atoms with Gasteiger partial charge in [-0.15, -0.1) is 0 Å². The van der Waals surface area contributed by atoms with Gasteiger partial charge in [0.25, 0.3) is 0 Å². The van der Waals surface area contributed by atoms with E-state index < -0.39 is 23.6 Å². The number of anilines is 1. The highest BCUT2D eigenvalue weighted by Gasteiger charge is 2.31. The van der Waals surface area contributed by atoms with Gasteiger partial charge in [0, 0.05) is 13.5 Å². The Kier molecular flexibility index (Phi) is 7.31. The van der Waals surface area contributed by atoms with E-state index in [1.807, 2.05) is 0 Å². The second-order valence-corrected chi connectivity index (χ2v) is 4.86. The number of carbonyl (C=O) groups is 2. The van der Waals surface area contributed by atoms with Gasteiger partial charge in [0.1, 0.15) is 6.61 Å². The standard InChI is InChI=1S/C14H15ClF3NO4/c1-22-6-7-23-13(21)5-4-12(20)19-11-8-9(14(16,17)18)2-3-10(11)15/h2-3,8H,4-7H2,1H3,(H,19,20). The van der Waals surface area contributed by atoms with Crippen LogP contribution in [-0.2, 0) is 25.2 Å². The van der Waals surface area contributed by atoms with Gasteiger partial charge in [0.05, 0.1) is 29.3 Å². The fourth-order valence-corrected chi connectivity index (χ4v) is 1.70. The molecule has 5 nitrogen and oxygen atoms in total. The molecule has 128 valence electrons. The molecule has 0 spiro atoms. The Bertz CT molecular complexity index is 563. The number of hydrogen-bond acceptors (Lipinski definition) is 4. The van der Waals surface area contributed by atoms with Crippen LogP contribution in [0.4, 0.5) is 18.9 Å². The second kappa shape index (κ2) is 8.73. The molecule has 1 amide bonds. The zero-order valence-electron chi connectivity index (χ0n) is 12.2. The Morgan fingerprint density at radius 3 is 2.52 bits per heavy atom. The van der Waals surface area contributed by atoms with Crippen molar-refractivity contribution in [3.05, 3.63) is 28.8 Å². The van der Waals surface area contributed by atoms with Gasteiger partial charge >= 0.3 is 12.1 Å². The Morgan fingerprint density at radius 1 is 1.22 bits per heavy atom. The van der Waals surface area contributed by atoms with Crippen molar-refractivity contribution >= 4 is 29.2 Å². The van der Waals surface area contributed by atoms with Crippen LogP contribution >= 0.6 is 11.6 Å². The van der Waals surface area contributed by atoms with Crippen molar-refractivity contribution in [3.8, 4) is 0 Å². The average molecular weight is 354 g/mol. The summed E-state index contributed by atoms with van der Waals surface area (Å²) >= 11 is 5.75. The topological polar surface area (TPSA) is 64.6 Å². The van der Waals surface area contributed by atoms with Gasteiger partial charge in [-0.2, -0.15) is 13.2 Å². The number of benzene rings is 1. The number of methoxy groups -OCH3 is 1. The summed E-state index contributed by atoms with van der Waals surface area (Å²) in [7, 11) is 1.44. The number of rotatable bonds is 7. The van der Waals surface area contributed by atoms with Crippen molar-refractivity contribution in [2.75, 3.05) is 25.6 Å². The molecule has 9 heteroatoms. The molecule has 0 aliphatic heterocycles. The molecule has 0 aromatic heterocycles. The molecule has 1 aromatic rings. The van der Waals surface area contributed by atoms with Gasteiger partial charge in [0.15, 0.2) is 0 Å². The lowest BCUT2D eigenvalue weighted by Crippen LogP contribution is -2.16. The molecule has 0 fully saturated rings. The third-order valence-corrected chi connectivity index (χ3v) is 3.00. The Balaban J connectivity index is 2.56. The molecule has 23 heavy (non-hydrogen) atoms. The third-order valence-electron chi connectivity index (χ3n) is 2.67. The zero-order chi connectivity index (χ0) is 17.5. The van der Waals surface area contributed by atoms with Crippen LogP contribution in [0.3, 0.4) is 0 Å². The van der Waals surface area contributed by atoms with Gasteiger partial charge in [-0.1, -0.05) is 11.6 Å². The quantitative estimate of drug-likeness (QED) is 0.603. The molecule has 0 saturated heterocycles. The minimum absolute atomic E-state index is 0.0333. The minimum atomic E-state index is -4.55. The van der Waals surface area contributed by atoms with Crippen LogP contribution in [-0.4, -0.2) is 32.2 Å². The molecule has 0 aliphatic carbocycles. The summed E-state index contributed by atoms with van der Waals surface area (Å²) in [6.07, 6.45) is -4.99. The van der Waals surface area contributed by atoms with Crippen molar-refractivity contribution in [2.45, 2.75) is 19.0 Å². The van der Waals surface area contributed by atoms with E-state index in [1.54, 1.807) is 0 Å². The molecule has 1 N–H and O–H groups in total. The first-order valence-electron chi connectivity index (χ1n) is 6.55. The van der Waals surface area contributed by atoms with E-state index in [1.165, 1.54) is 7.11 Å². The van der Waals surface area contributed by atoms with Gasteiger partial charge in [-0.3, -0.25) is 9.59 Å². The largest absolute Gasteiger partial charge is 0.463 e. The van der Waals surface area contributed by atoms with Crippen molar-refractivity contribution in [2.24, 2.45) is 0 Å². The summed E-state index contributed by atoms with van der Waals surface area (Å²) in [5.74, 6) is -1.25. The summed E-state index contributed by atoms with van der Waals surface area (Å²) in [6, 6.07) is 2.58. The maximum atomic E-state index is 12.6. The maximum absolute atomic E-state index is 12.6. The molecular weight excluding hydrogens is 339 g/mol. The number of nitrogens with one attached hydrogen (secondary N) is 1. The molecule has 0 bridgehead atoms. The van der Waals surface area contributed by atoms with Crippen LogP contribution in [0.15, 0.2) is 18.2 Å². The zero-order valence-corrected chi connectivity index (χ0v) is 13.0. The summed E-state index contributed by atoms with van der Waals surface area (Å²) in [5, 5.41) is 2.21. The van der Waals surface area contributed by atoms with Crippen molar-refractivity contribution in [1.82, 2.24) is 0 Å². The van der Waals surface area contributed by atoms with Gasteiger partial charge < -0.3 is 14.8 Å². The summed E-state index contributed by atoms with van der Waals surface area (Å²) in [4.78, 5) is 23.0. The smallest absolute Gasteiger partial charge is 0.416 e. The van der Waals surface area contributed by atoms with E-state index >= 15 is 0 Å². The highest BCUT2D eigenvalue weighted by molar-refractivity contribution is 6.33. The number of alkyl halides is 3. The number of amides is 1. The SMILES string of the molecule is COCCOC(=O)CCC(=O)Nc1cc(C(F)(F)F)ccc1Cl. The van der Waals surface area contributed by atoms with Crippen LogP contribution in [0.1, 0.15) is 18.4 Å². The van der Waals surface area contributed by atoms with Crippen LogP contribution in [0, 0.1) is 0 Å². The molecule has 1 rings (SSSR count). The first-order chi connectivity index (χ1) is 10.7. The maximum Gasteiger partial charge on any atom is 0.416 e. The highest BCUT2D eigenvalue weighted by Crippen LogP contribution is 2.33. The van der Waals surface area contributed by atoms with E-state index in [-0.39, 0.29) is 36.8 Å². The van der Waals surface area contributed by atoms with E-state index in [4.69, 9.17) is 16.3 Å². The van der Waals surface area contributed by atoms with Gasteiger partial charge in [-0.05, 0) is 18.2 Å². The number of hydrogen-bond donors (Lipinski definition) is 1. The molecule has 1 aromatic carbocycles. The van der Waals surface area contributed by atoms with Crippen molar-refractivity contribution in [3.63, 3.8) is 0 Å². The average Bonchev–Trinajstić information content (AvgIpc) is 2.46. The van der Waals surface area contributed by atoms with Crippen molar-refractivity contribution < 1.29 is 32.2 Å². The first kappa shape index (κ1) is 19.2. The number of carbonyl (C=O) groups excluding carboxylic acids is 2. The van der Waals surface area contributed by atoms with Crippen molar-refractivity contribution in [1.29, 1.82) is 0 Å². The third kappa shape index (κ3) is 6.87. The lowest BCUT2D eigenvalue weighted by molar-refractivity contribution is -0.145. The number of ether oxygens (including phenoxy) is 2. The van der Waals surface area contributed by atoms with Crippen LogP contribution in [0.25, 0.3) is 0 Å². The molecule has 0 heterocycles. The normalized spacial score (nSPS) is 11.2.